The van der Waals surface area contributed by atoms with Crippen LogP contribution in [-0.2, 0) is 11.2 Å². The lowest BCUT2D eigenvalue weighted by Gasteiger charge is -2.18. The summed E-state index contributed by atoms with van der Waals surface area (Å²) in [4.78, 5) is 25.6. The third-order valence-corrected chi connectivity index (χ3v) is 3.89. The molecule has 0 saturated heterocycles. The summed E-state index contributed by atoms with van der Waals surface area (Å²) in [7, 11) is 3.28. The predicted octanol–water partition coefficient (Wildman–Crippen LogP) is 2.98. The number of ketones is 1. The molecule has 0 heterocycles. The first kappa shape index (κ1) is 18.5. The van der Waals surface area contributed by atoms with Crippen LogP contribution in [0.1, 0.15) is 22.8 Å². The Balaban J connectivity index is 1.94. The Labute approximate surface area is 148 Å². The summed E-state index contributed by atoms with van der Waals surface area (Å²) in [5.41, 5.74) is 1.27. The predicted molar refractivity (Wildman–Crippen MR) is 96.3 cm³/mol. The van der Waals surface area contributed by atoms with Crippen molar-refractivity contribution < 1.29 is 19.1 Å². The molecule has 0 aliphatic carbocycles. The number of carbonyl (C=O) groups is 2. The Kier molecular flexibility index (Phi) is 6.57. The van der Waals surface area contributed by atoms with Gasteiger partial charge in [-0.05, 0) is 37.3 Å². The second kappa shape index (κ2) is 8.87. The van der Waals surface area contributed by atoms with Crippen molar-refractivity contribution in [2.75, 3.05) is 27.3 Å². The van der Waals surface area contributed by atoms with Crippen molar-refractivity contribution in [3.8, 4) is 11.5 Å². The molecule has 0 saturated carbocycles. The molecule has 2 rings (SSSR count). The summed E-state index contributed by atoms with van der Waals surface area (Å²) in [5, 5.41) is 0. The van der Waals surface area contributed by atoms with Crippen LogP contribution in [0.5, 0.6) is 11.5 Å². The number of nitrogens with zero attached hydrogens (tertiary/aromatic N) is 1. The normalized spacial score (nSPS) is 10.2. The van der Waals surface area contributed by atoms with E-state index in [4.69, 9.17) is 9.47 Å². The Morgan fingerprint density at radius 1 is 1.08 bits per heavy atom. The maximum Gasteiger partial charge on any atom is 0.226 e. The fourth-order valence-corrected chi connectivity index (χ4v) is 2.38. The zero-order valence-corrected chi connectivity index (χ0v) is 14.8. The van der Waals surface area contributed by atoms with Crippen molar-refractivity contribution in [3.05, 3.63) is 59.7 Å². The van der Waals surface area contributed by atoms with Crippen LogP contribution in [0.25, 0.3) is 0 Å². The molecule has 2 aromatic carbocycles. The number of benzene rings is 2. The number of carbonyl (C=O) groups excluding carboxylic acids is 2. The van der Waals surface area contributed by atoms with Crippen molar-refractivity contribution in [2.24, 2.45) is 0 Å². The quantitative estimate of drug-likeness (QED) is 0.693. The van der Waals surface area contributed by atoms with Gasteiger partial charge in [0.15, 0.2) is 5.78 Å². The lowest BCUT2D eigenvalue weighted by molar-refractivity contribution is -0.129. The topological polar surface area (TPSA) is 55.8 Å². The molecule has 25 heavy (non-hydrogen) atoms. The highest BCUT2D eigenvalue weighted by atomic mass is 16.5. The first-order valence-electron chi connectivity index (χ1n) is 8.11. The summed E-state index contributed by atoms with van der Waals surface area (Å²) in [6.07, 6.45) is 0.173. The lowest BCUT2D eigenvalue weighted by Crippen LogP contribution is -2.32. The van der Waals surface area contributed by atoms with Gasteiger partial charge in [-0.15, -0.1) is 0 Å². The van der Waals surface area contributed by atoms with Crippen LogP contribution in [-0.4, -0.2) is 43.9 Å². The van der Waals surface area contributed by atoms with Gasteiger partial charge >= 0.3 is 0 Å². The second-order valence-electron chi connectivity index (χ2n) is 5.74. The summed E-state index contributed by atoms with van der Waals surface area (Å²) in [5.74, 6) is 1.28. The first-order valence-corrected chi connectivity index (χ1v) is 8.11. The standard InChI is InChI=1S/C20H23NO4/c1-15(22)16-9-10-19(24-3)17(13-16)14-20(23)21(2)11-12-25-18-7-5-4-6-8-18/h4-10,13H,11-12,14H2,1-3H3. The fraction of sp³-hybridized carbons (Fsp3) is 0.300. The van der Waals surface area contributed by atoms with Gasteiger partial charge in [-0.25, -0.2) is 0 Å². The number of para-hydroxylation sites is 1. The molecule has 2 aromatic rings. The molecule has 1 amide bonds. The monoisotopic (exact) mass is 341 g/mol. The highest BCUT2D eigenvalue weighted by molar-refractivity contribution is 5.94. The van der Waals surface area contributed by atoms with E-state index in [2.05, 4.69) is 0 Å². The second-order valence-corrected chi connectivity index (χ2v) is 5.74. The molecule has 5 nitrogen and oxygen atoms in total. The fourth-order valence-electron chi connectivity index (χ4n) is 2.38. The van der Waals surface area contributed by atoms with E-state index < -0.39 is 0 Å². The highest BCUT2D eigenvalue weighted by Gasteiger charge is 2.14. The first-order chi connectivity index (χ1) is 12.0. The molecule has 0 aliphatic heterocycles. The molecule has 5 heteroatoms. The van der Waals surface area contributed by atoms with Crippen LogP contribution in [0.2, 0.25) is 0 Å². The highest BCUT2D eigenvalue weighted by Crippen LogP contribution is 2.21. The minimum Gasteiger partial charge on any atom is -0.496 e. The Morgan fingerprint density at radius 2 is 1.80 bits per heavy atom. The van der Waals surface area contributed by atoms with Crippen molar-refractivity contribution in [1.82, 2.24) is 4.90 Å². The Hall–Kier alpha value is -2.82. The maximum atomic E-state index is 12.4. The zero-order valence-electron chi connectivity index (χ0n) is 14.8. The summed E-state index contributed by atoms with van der Waals surface area (Å²) in [6.45, 7) is 2.39. The van der Waals surface area contributed by atoms with E-state index in [-0.39, 0.29) is 18.1 Å². The summed E-state index contributed by atoms with van der Waals surface area (Å²) in [6, 6.07) is 14.6. The molecular formula is C20H23NO4. The molecule has 0 bridgehead atoms. The number of Topliss-reactive ketones (excluding diaryl/α,β-unsaturated/α-hetero) is 1. The number of ether oxygens (including phenoxy) is 2. The van der Waals surface area contributed by atoms with Gasteiger partial charge in [0.25, 0.3) is 0 Å². The van der Waals surface area contributed by atoms with Gasteiger partial charge < -0.3 is 14.4 Å². The van der Waals surface area contributed by atoms with Gasteiger partial charge in [0.05, 0.1) is 20.1 Å². The van der Waals surface area contributed by atoms with E-state index in [0.29, 0.717) is 30.0 Å². The molecule has 0 radical (unpaired) electrons. The van der Waals surface area contributed by atoms with Crippen LogP contribution >= 0.6 is 0 Å². The van der Waals surface area contributed by atoms with Gasteiger partial charge in [-0.2, -0.15) is 0 Å². The molecule has 0 aliphatic rings. The van der Waals surface area contributed by atoms with Crippen molar-refractivity contribution in [3.63, 3.8) is 0 Å². The third-order valence-electron chi connectivity index (χ3n) is 3.89. The number of hydrogen-bond donors (Lipinski definition) is 0. The van der Waals surface area contributed by atoms with Gasteiger partial charge in [0, 0.05) is 18.2 Å². The molecule has 0 atom stereocenters. The van der Waals surface area contributed by atoms with Gasteiger partial charge in [0.2, 0.25) is 5.91 Å². The molecule has 0 N–H and O–H groups in total. The minimum atomic E-state index is -0.0596. The SMILES string of the molecule is COc1ccc(C(C)=O)cc1CC(=O)N(C)CCOc1ccccc1. The van der Waals surface area contributed by atoms with E-state index in [1.54, 1.807) is 37.3 Å². The number of amides is 1. The number of rotatable bonds is 8. The van der Waals surface area contributed by atoms with Crippen molar-refractivity contribution in [1.29, 1.82) is 0 Å². The zero-order chi connectivity index (χ0) is 18.2. The van der Waals surface area contributed by atoms with Crippen LogP contribution in [0.4, 0.5) is 0 Å². The molecule has 132 valence electrons. The Bertz CT molecular complexity index is 728. The Morgan fingerprint density at radius 3 is 2.44 bits per heavy atom. The molecule has 0 fully saturated rings. The van der Waals surface area contributed by atoms with Crippen LogP contribution in [0, 0.1) is 0 Å². The average Bonchev–Trinajstić information content (AvgIpc) is 2.62. The van der Waals surface area contributed by atoms with Crippen molar-refractivity contribution in [2.45, 2.75) is 13.3 Å². The summed E-state index contributed by atoms with van der Waals surface area (Å²) >= 11 is 0. The minimum absolute atomic E-state index is 0.0408. The van der Waals surface area contributed by atoms with Gasteiger partial charge in [-0.1, -0.05) is 18.2 Å². The molecule has 0 spiro atoms. The number of likely N-dealkylation sites (N-methyl/N-ethyl adjacent to an activating group) is 1. The van der Waals surface area contributed by atoms with E-state index in [1.165, 1.54) is 6.92 Å². The van der Waals surface area contributed by atoms with E-state index in [0.717, 1.165) is 5.75 Å². The summed E-state index contributed by atoms with van der Waals surface area (Å²) < 4.78 is 10.9. The van der Waals surface area contributed by atoms with E-state index in [9.17, 15) is 9.59 Å². The van der Waals surface area contributed by atoms with E-state index in [1.807, 2.05) is 30.3 Å². The number of methoxy groups -OCH3 is 1. The smallest absolute Gasteiger partial charge is 0.226 e. The average molecular weight is 341 g/mol. The maximum absolute atomic E-state index is 12.4. The molecule has 0 unspecified atom stereocenters. The van der Waals surface area contributed by atoms with Gasteiger partial charge in [-0.3, -0.25) is 9.59 Å². The van der Waals surface area contributed by atoms with Gasteiger partial charge in [0.1, 0.15) is 18.1 Å². The van der Waals surface area contributed by atoms with Crippen LogP contribution < -0.4 is 9.47 Å². The largest absolute Gasteiger partial charge is 0.496 e. The van der Waals surface area contributed by atoms with Crippen LogP contribution in [0.3, 0.4) is 0 Å². The molecular weight excluding hydrogens is 318 g/mol. The van der Waals surface area contributed by atoms with E-state index >= 15 is 0 Å². The molecule has 0 aromatic heterocycles. The third kappa shape index (κ3) is 5.35. The number of hydrogen-bond acceptors (Lipinski definition) is 4. The lowest BCUT2D eigenvalue weighted by atomic mass is 10.0. The van der Waals surface area contributed by atoms with Crippen LogP contribution in [0.15, 0.2) is 48.5 Å². The van der Waals surface area contributed by atoms with Crippen molar-refractivity contribution >= 4 is 11.7 Å².